The van der Waals surface area contributed by atoms with E-state index in [-0.39, 0.29) is 13.0 Å². The summed E-state index contributed by atoms with van der Waals surface area (Å²) >= 11 is 0. The van der Waals surface area contributed by atoms with Gasteiger partial charge >= 0.3 is 5.97 Å². The average Bonchev–Trinajstić information content (AvgIpc) is 3.29. The van der Waals surface area contributed by atoms with Crippen LogP contribution in [0.15, 0.2) is 46.9 Å². The predicted octanol–water partition coefficient (Wildman–Crippen LogP) is 2.36. The Morgan fingerprint density at radius 1 is 1.23 bits per heavy atom. The Morgan fingerprint density at radius 3 is 2.71 bits per heavy atom. The summed E-state index contributed by atoms with van der Waals surface area (Å²) in [6.07, 6.45) is -0.361. The summed E-state index contributed by atoms with van der Waals surface area (Å²) in [7, 11) is 1.31. The Kier molecular flexibility index (Phi) is 5.36. The molecule has 0 spiro atoms. The first kappa shape index (κ1) is 20.8. The maximum Gasteiger partial charge on any atom is 0.326 e. The molecule has 1 aliphatic rings. The van der Waals surface area contributed by atoms with Gasteiger partial charge in [-0.1, -0.05) is 18.2 Å². The van der Waals surface area contributed by atoms with E-state index in [0.29, 0.717) is 16.7 Å². The zero-order valence-electron chi connectivity index (χ0n) is 16.8. The van der Waals surface area contributed by atoms with Crippen LogP contribution in [0.25, 0.3) is 21.9 Å². The molecule has 8 nitrogen and oxygen atoms in total. The Balaban J connectivity index is 1.47. The van der Waals surface area contributed by atoms with E-state index in [0.717, 1.165) is 15.7 Å². The molecule has 1 aromatic heterocycles. The number of ether oxygens (including phenoxy) is 1. The third-order valence-corrected chi connectivity index (χ3v) is 5.44. The summed E-state index contributed by atoms with van der Waals surface area (Å²) in [5, 5.41) is 13.5. The van der Waals surface area contributed by atoms with Crippen molar-refractivity contribution in [2.45, 2.75) is 18.1 Å². The fourth-order valence-electron chi connectivity index (χ4n) is 4.01. The minimum Gasteiger partial charge on any atom is -0.480 e. The molecular formula is C22H21FN2O6. The van der Waals surface area contributed by atoms with Crippen molar-refractivity contribution < 1.29 is 33.0 Å². The van der Waals surface area contributed by atoms with Crippen LogP contribution in [-0.4, -0.2) is 66.3 Å². The van der Waals surface area contributed by atoms with Crippen LogP contribution >= 0.6 is 0 Å². The van der Waals surface area contributed by atoms with Crippen LogP contribution in [0.1, 0.15) is 16.8 Å². The molecule has 2 aromatic carbocycles. The average molecular weight is 428 g/mol. The highest BCUT2D eigenvalue weighted by Crippen LogP contribution is 2.32. The Hall–Kier alpha value is -3.46. The number of methoxy groups -OCH3 is 1. The number of carbonyl (C=O) groups is 3. The second-order valence-electron chi connectivity index (χ2n) is 7.66. The number of rotatable bonds is 6. The molecule has 1 aliphatic heterocycles. The van der Waals surface area contributed by atoms with Crippen LogP contribution in [0.4, 0.5) is 4.39 Å². The Labute approximate surface area is 176 Å². The van der Waals surface area contributed by atoms with E-state index in [1.54, 1.807) is 18.2 Å². The number of nitrogens with zero attached hydrogens (tertiary/aromatic N) is 1. The molecule has 1 fully saturated rings. The number of hydrogen-bond acceptors (Lipinski definition) is 5. The largest absolute Gasteiger partial charge is 0.480 e. The van der Waals surface area contributed by atoms with Crippen LogP contribution in [0.3, 0.4) is 0 Å². The zero-order chi connectivity index (χ0) is 22.2. The fourth-order valence-corrected chi connectivity index (χ4v) is 4.01. The summed E-state index contributed by atoms with van der Waals surface area (Å²) < 4.78 is 25.3. The summed E-state index contributed by atoms with van der Waals surface area (Å²) in [6, 6.07) is 11.0. The monoisotopic (exact) mass is 428 g/mol. The van der Waals surface area contributed by atoms with E-state index in [4.69, 9.17) is 9.15 Å². The number of para-hydroxylation sites is 1. The lowest BCUT2D eigenvalue weighted by Gasteiger charge is -2.22. The van der Waals surface area contributed by atoms with Gasteiger partial charge in [-0.3, -0.25) is 9.59 Å². The number of amides is 2. The lowest BCUT2D eigenvalue weighted by atomic mass is 10.0. The van der Waals surface area contributed by atoms with Crippen LogP contribution in [0, 0.1) is 0 Å². The van der Waals surface area contributed by atoms with Gasteiger partial charge in [0.25, 0.3) is 5.91 Å². The Morgan fingerprint density at radius 2 is 1.97 bits per heavy atom. The molecule has 0 bridgehead atoms. The molecule has 2 atom stereocenters. The number of furan rings is 1. The van der Waals surface area contributed by atoms with Crippen LogP contribution in [-0.2, 0) is 14.3 Å². The molecule has 0 radical (unpaired) electrons. The molecule has 162 valence electrons. The van der Waals surface area contributed by atoms with Gasteiger partial charge in [-0.2, -0.15) is 0 Å². The first-order valence-corrected chi connectivity index (χ1v) is 9.71. The van der Waals surface area contributed by atoms with E-state index < -0.39 is 42.6 Å². The summed E-state index contributed by atoms with van der Waals surface area (Å²) in [5.41, 5.74) is -0.287. The van der Waals surface area contributed by atoms with E-state index in [1.807, 2.05) is 24.3 Å². The van der Waals surface area contributed by atoms with Crippen molar-refractivity contribution in [3.05, 3.63) is 48.0 Å². The number of aliphatic carboxylic acids is 1. The van der Waals surface area contributed by atoms with Crippen molar-refractivity contribution in [3.63, 3.8) is 0 Å². The highest BCUT2D eigenvalue weighted by Gasteiger charge is 2.49. The molecule has 2 heterocycles. The van der Waals surface area contributed by atoms with Crippen molar-refractivity contribution >= 4 is 39.7 Å². The van der Waals surface area contributed by atoms with Gasteiger partial charge in [-0.25, -0.2) is 9.18 Å². The van der Waals surface area contributed by atoms with Crippen LogP contribution in [0.5, 0.6) is 0 Å². The number of carboxylic acid groups (broad SMARTS) is 1. The number of alkyl halides is 1. The van der Waals surface area contributed by atoms with Crippen molar-refractivity contribution in [1.82, 2.24) is 10.2 Å². The number of nitrogens with one attached hydrogen (secondary N) is 1. The van der Waals surface area contributed by atoms with Gasteiger partial charge in [0.05, 0.1) is 19.7 Å². The van der Waals surface area contributed by atoms with E-state index >= 15 is 0 Å². The highest BCUT2D eigenvalue weighted by atomic mass is 19.1. The first-order chi connectivity index (χ1) is 14.8. The topological polar surface area (TPSA) is 109 Å². The van der Waals surface area contributed by atoms with Crippen molar-refractivity contribution in [2.24, 2.45) is 0 Å². The maximum atomic E-state index is 14.8. The van der Waals surface area contributed by atoms with E-state index in [2.05, 4.69) is 5.32 Å². The van der Waals surface area contributed by atoms with Gasteiger partial charge in [0.1, 0.15) is 17.2 Å². The van der Waals surface area contributed by atoms with Gasteiger partial charge < -0.3 is 24.5 Å². The number of hydrogen-bond donors (Lipinski definition) is 2. The van der Waals surface area contributed by atoms with Gasteiger partial charge in [0, 0.05) is 29.9 Å². The predicted molar refractivity (Wildman–Crippen MR) is 110 cm³/mol. The van der Waals surface area contributed by atoms with Gasteiger partial charge in [-0.15, -0.1) is 0 Å². The summed E-state index contributed by atoms with van der Waals surface area (Å²) in [6.45, 7) is -1.17. The maximum absolute atomic E-state index is 14.8. The fraction of sp³-hybridized carbons (Fsp3) is 0.318. The second-order valence-corrected chi connectivity index (χ2v) is 7.66. The van der Waals surface area contributed by atoms with E-state index in [9.17, 15) is 23.9 Å². The first-order valence-electron chi connectivity index (χ1n) is 9.71. The number of carbonyl (C=O) groups excluding carboxylic acids is 2. The minimum atomic E-state index is -1.94. The molecule has 1 saturated heterocycles. The third-order valence-electron chi connectivity index (χ3n) is 5.44. The number of likely N-dealkylation sites (tertiary alicyclic amines) is 1. The number of fused-ring (bicyclic) bond motifs is 3. The molecule has 0 aliphatic carbocycles. The minimum absolute atomic E-state index is 0.314. The van der Waals surface area contributed by atoms with Gasteiger partial charge in [-0.05, 0) is 24.3 Å². The van der Waals surface area contributed by atoms with Gasteiger partial charge in [0.15, 0.2) is 5.67 Å². The Bertz CT molecular complexity index is 1180. The molecule has 0 unspecified atom stereocenters. The van der Waals surface area contributed by atoms with E-state index in [1.165, 1.54) is 7.11 Å². The molecule has 2 N–H and O–H groups in total. The standard InChI is InChI=1S/C22H21FN2O6/c1-30-12-22(23)9-16(21(28)29)25(11-22)19(26)10-24-20(27)13-6-7-18-15(8-13)14-4-2-3-5-17(14)31-18/h2-8,16H,9-12H2,1H3,(H,24,27)(H,28,29)/t16-,22+/m0/s1. The summed E-state index contributed by atoms with van der Waals surface area (Å²) in [4.78, 5) is 37.6. The van der Waals surface area contributed by atoms with Crippen molar-refractivity contribution in [1.29, 1.82) is 0 Å². The van der Waals surface area contributed by atoms with Gasteiger partial charge in [0.2, 0.25) is 5.91 Å². The quantitative estimate of drug-likeness (QED) is 0.624. The lowest BCUT2D eigenvalue weighted by Crippen LogP contribution is -2.46. The molecule has 4 rings (SSSR count). The molecule has 0 saturated carbocycles. The molecular weight excluding hydrogens is 407 g/mol. The number of carboxylic acids is 1. The summed E-state index contributed by atoms with van der Waals surface area (Å²) in [5.74, 6) is -2.48. The lowest BCUT2D eigenvalue weighted by molar-refractivity contribution is -0.147. The third kappa shape index (κ3) is 3.96. The molecule has 3 aromatic rings. The van der Waals surface area contributed by atoms with Crippen LogP contribution in [0.2, 0.25) is 0 Å². The smallest absolute Gasteiger partial charge is 0.326 e. The molecule has 2 amide bonds. The van der Waals surface area contributed by atoms with Crippen molar-refractivity contribution in [2.75, 3.05) is 26.8 Å². The van der Waals surface area contributed by atoms with Crippen molar-refractivity contribution in [3.8, 4) is 0 Å². The highest BCUT2D eigenvalue weighted by molar-refractivity contribution is 6.08. The van der Waals surface area contributed by atoms with Crippen LogP contribution < -0.4 is 5.32 Å². The SMILES string of the molecule is COC[C@@]1(F)C[C@@H](C(=O)O)N(C(=O)CNC(=O)c2ccc3oc4ccccc4c3c2)C1. The second kappa shape index (κ2) is 7.99. The molecule has 31 heavy (non-hydrogen) atoms. The zero-order valence-corrected chi connectivity index (χ0v) is 16.8. The number of halogens is 1. The molecule has 9 heteroatoms. The normalized spacial score (nSPS) is 21.0. The number of benzene rings is 2.